The number of carbonyl (C=O) groups is 1. The fourth-order valence-corrected chi connectivity index (χ4v) is 2.51. The van der Waals surface area contributed by atoms with Gasteiger partial charge in [-0.3, -0.25) is 4.40 Å². The zero-order valence-electron chi connectivity index (χ0n) is 13.6. The Bertz CT molecular complexity index is 665. The molecule has 0 aliphatic carbocycles. The van der Waals surface area contributed by atoms with Gasteiger partial charge in [0.25, 0.3) is 0 Å². The minimum Gasteiger partial charge on any atom is -0.444 e. The van der Waals surface area contributed by atoms with Gasteiger partial charge in [0.05, 0.1) is 3.57 Å². The van der Waals surface area contributed by atoms with E-state index in [2.05, 4.69) is 43.2 Å². The van der Waals surface area contributed by atoms with Gasteiger partial charge in [0.2, 0.25) is 5.95 Å². The number of unbranched alkanes of at least 4 members (excludes halogenated alkanes) is 1. The number of hydrogen-bond acceptors (Lipinski definition) is 5. The first kappa shape index (κ1) is 17.8. The lowest BCUT2D eigenvalue weighted by molar-refractivity contribution is 0.0527. The molecule has 0 bridgehead atoms. The van der Waals surface area contributed by atoms with Gasteiger partial charge in [-0.25, -0.2) is 14.8 Å². The zero-order valence-corrected chi connectivity index (χ0v) is 15.8. The average Bonchev–Trinajstić information content (AvgIpc) is 2.93. The van der Waals surface area contributed by atoms with Gasteiger partial charge >= 0.3 is 6.09 Å². The molecule has 23 heavy (non-hydrogen) atoms. The van der Waals surface area contributed by atoms with Gasteiger partial charge in [-0.2, -0.15) is 0 Å². The number of alkyl carbamates (subject to hydrolysis) is 1. The van der Waals surface area contributed by atoms with E-state index in [1.807, 2.05) is 31.4 Å². The summed E-state index contributed by atoms with van der Waals surface area (Å²) in [5.74, 6) is 0.776. The van der Waals surface area contributed by atoms with Crippen molar-refractivity contribution in [1.82, 2.24) is 19.7 Å². The minimum atomic E-state index is -0.460. The highest BCUT2D eigenvalue weighted by Gasteiger charge is 2.15. The molecular weight excluding hydrogens is 409 g/mol. The molecule has 2 rings (SSSR count). The fourth-order valence-electron chi connectivity index (χ4n) is 1.97. The van der Waals surface area contributed by atoms with Crippen molar-refractivity contribution in [1.29, 1.82) is 0 Å². The maximum Gasteiger partial charge on any atom is 0.407 e. The summed E-state index contributed by atoms with van der Waals surface area (Å²) in [7, 11) is 0. The van der Waals surface area contributed by atoms with Crippen molar-refractivity contribution in [2.24, 2.45) is 0 Å². The highest BCUT2D eigenvalue weighted by atomic mass is 127. The van der Waals surface area contributed by atoms with Crippen LogP contribution in [-0.2, 0) is 4.74 Å². The Morgan fingerprint density at radius 3 is 2.78 bits per heavy atom. The Labute approximate surface area is 149 Å². The zero-order chi connectivity index (χ0) is 16.9. The number of aromatic nitrogens is 3. The lowest BCUT2D eigenvalue weighted by atomic mass is 10.2. The van der Waals surface area contributed by atoms with E-state index in [0.717, 1.165) is 34.6 Å². The highest BCUT2D eigenvalue weighted by molar-refractivity contribution is 14.1. The lowest BCUT2D eigenvalue weighted by Gasteiger charge is -2.19. The number of fused-ring (bicyclic) bond motifs is 1. The second-order valence-corrected chi connectivity index (χ2v) is 7.28. The normalized spacial score (nSPS) is 11.5. The van der Waals surface area contributed by atoms with Crippen molar-refractivity contribution in [2.45, 2.75) is 39.2 Å². The molecule has 0 aliphatic rings. The van der Waals surface area contributed by atoms with Gasteiger partial charge in [-0.1, -0.05) is 0 Å². The SMILES string of the molecule is CC(C)(C)OC(=O)NCCCCNc1ncc(I)c2nccn12. The maximum atomic E-state index is 11.5. The summed E-state index contributed by atoms with van der Waals surface area (Å²) in [6.45, 7) is 6.91. The van der Waals surface area contributed by atoms with Crippen LogP contribution in [0.1, 0.15) is 33.6 Å². The van der Waals surface area contributed by atoms with Gasteiger partial charge in [-0.15, -0.1) is 0 Å². The molecule has 0 spiro atoms. The number of nitrogens with one attached hydrogen (secondary N) is 2. The van der Waals surface area contributed by atoms with Crippen molar-refractivity contribution in [2.75, 3.05) is 18.4 Å². The molecule has 0 saturated carbocycles. The molecule has 0 unspecified atom stereocenters. The van der Waals surface area contributed by atoms with Gasteiger partial charge in [0.15, 0.2) is 5.65 Å². The van der Waals surface area contributed by atoms with Crippen LogP contribution < -0.4 is 10.6 Å². The largest absolute Gasteiger partial charge is 0.444 e. The van der Waals surface area contributed by atoms with Crippen molar-refractivity contribution < 1.29 is 9.53 Å². The van der Waals surface area contributed by atoms with Crippen LogP contribution in [0.15, 0.2) is 18.6 Å². The number of rotatable bonds is 6. The second-order valence-electron chi connectivity index (χ2n) is 6.11. The van der Waals surface area contributed by atoms with Gasteiger partial charge < -0.3 is 15.4 Å². The Hall–Kier alpha value is -1.58. The third-order valence-electron chi connectivity index (χ3n) is 2.94. The molecule has 0 aromatic carbocycles. The van der Waals surface area contributed by atoms with Crippen molar-refractivity contribution >= 4 is 40.3 Å². The molecule has 0 saturated heterocycles. The summed E-state index contributed by atoms with van der Waals surface area (Å²) < 4.78 is 8.12. The number of anilines is 1. The topological polar surface area (TPSA) is 80.5 Å². The van der Waals surface area contributed by atoms with Crippen LogP contribution in [0, 0.1) is 3.57 Å². The number of nitrogens with zero attached hydrogens (tertiary/aromatic N) is 3. The Kier molecular flexibility index (Phi) is 6.03. The quantitative estimate of drug-likeness (QED) is 0.543. The Balaban J connectivity index is 1.69. The van der Waals surface area contributed by atoms with Crippen molar-refractivity contribution in [3.05, 3.63) is 22.2 Å². The molecule has 2 N–H and O–H groups in total. The number of carbonyl (C=O) groups excluding carboxylic acids is 1. The van der Waals surface area contributed by atoms with Crippen molar-refractivity contribution in [3.63, 3.8) is 0 Å². The van der Waals surface area contributed by atoms with E-state index in [1.165, 1.54) is 0 Å². The van der Waals surface area contributed by atoms with E-state index in [-0.39, 0.29) is 6.09 Å². The predicted octanol–water partition coefficient (Wildman–Crippen LogP) is 3.05. The van der Waals surface area contributed by atoms with Gasteiger partial charge in [0.1, 0.15) is 5.60 Å². The number of hydrogen-bond donors (Lipinski definition) is 2. The Morgan fingerprint density at radius 2 is 2.04 bits per heavy atom. The van der Waals surface area contributed by atoms with Crippen LogP contribution in [0.4, 0.5) is 10.7 Å². The molecule has 2 heterocycles. The second kappa shape index (κ2) is 7.80. The number of ether oxygens (including phenoxy) is 1. The molecule has 7 nitrogen and oxygen atoms in total. The first-order valence-electron chi connectivity index (χ1n) is 7.55. The summed E-state index contributed by atoms with van der Waals surface area (Å²) in [6, 6.07) is 0. The van der Waals surface area contributed by atoms with Crippen LogP contribution in [0.2, 0.25) is 0 Å². The summed E-state index contributed by atoms with van der Waals surface area (Å²) in [6.07, 6.45) is 6.86. The van der Waals surface area contributed by atoms with Crippen LogP contribution >= 0.6 is 22.6 Å². The molecule has 0 aliphatic heterocycles. The van der Waals surface area contributed by atoms with Gasteiger partial charge in [-0.05, 0) is 56.2 Å². The standard InChI is InChI=1S/C15H22IN5O2/c1-15(2,3)23-14(22)19-7-5-4-6-18-13-20-10-11(16)12-17-8-9-21(12)13/h8-10H,4-7H2,1-3H3,(H,18,20)(H,19,22). The minimum absolute atomic E-state index is 0.370. The monoisotopic (exact) mass is 431 g/mol. The van der Waals surface area contributed by atoms with Crippen LogP contribution in [0.3, 0.4) is 0 Å². The van der Waals surface area contributed by atoms with E-state index < -0.39 is 5.60 Å². The highest BCUT2D eigenvalue weighted by Crippen LogP contribution is 2.14. The first-order chi connectivity index (χ1) is 10.9. The maximum absolute atomic E-state index is 11.5. The average molecular weight is 431 g/mol. The van der Waals surface area contributed by atoms with Crippen molar-refractivity contribution in [3.8, 4) is 0 Å². The third-order valence-corrected chi connectivity index (χ3v) is 3.70. The fraction of sp³-hybridized carbons (Fsp3) is 0.533. The molecular formula is C15H22IN5O2. The number of amides is 1. The number of halogens is 1. The summed E-state index contributed by atoms with van der Waals surface area (Å²) in [5.41, 5.74) is 0.438. The van der Waals surface area contributed by atoms with E-state index in [9.17, 15) is 4.79 Å². The molecule has 0 fully saturated rings. The summed E-state index contributed by atoms with van der Waals surface area (Å²) >= 11 is 2.22. The predicted molar refractivity (Wildman–Crippen MR) is 97.7 cm³/mol. The summed E-state index contributed by atoms with van der Waals surface area (Å²) in [4.78, 5) is 20.2. The molecule has 0 atom stereocenters. The molecule has 1 amide bonds. The van der Waals surface area contributed by atoms with E-state index in [4.69, 9.17) is 4.74 Å². The van der Waals surface area contributed by atoms with E-state index >= 15 is 0 Å². The molecule has 2 aromatic heterocycles. The smallest absolute Gasteiger partial charge is 0.407 e. The summed E-state index contributed by atoms with van der Waals surface area (Å²) in [5, 5.41) is 6.04. The lowest BCUT2D eigenvalue weighted by Crippen LogP contribution is -2.33. The molecule has 0 radical (unpaired) electrons. The molecule has 2 aromatic rings. The van der Waals surface area contributed by atoms with Crippen LogP contribution in [0.25, 0.3) is 5.65 Å². The Morgan fingerprint density at radius 1 is 1.30 bits per heavy atom. The molecule has 8 heteroatoms. The van der Waals surface area contributed by atoms with Crippen LogP contribution in [-0.4, -0.2) is 39.2 Å². The van der Waals surface area contributed by atoms with Crippen LogP contribution in [0.5, 0.6) is 0 Å². The first-order valence-corrected chi connectivity index (χ1v) is 8.63. The third kappa shape index (κ3) is 5.52. The van der Waals surface area contributed by atoms with E-state index in [1.54, 1.807) is 12.4 Å². The molecule has 126 valence electrons. The van der Waals surface area contributed by atoms with E-state index in [0.29, 0.717) is 6.54 Å². The van der Waals surface area contributed by atoms with Gasteiger partial charge in [0, 0.05) is 31.7 Å². The number of imidazole rings is 1.